The molecule has 128 valence electrons. The Labute approximate surface area is 142 Å². The monoisotopic (exact) mass is 341 g/mol. The molecular formula is C17H15N3O5. The van der Waals surface area contributed by atoms with Crippen molar-refractivity contribution in [1.82, 2.24) is 10.6 Å². The van der Waals surface area contributed by atoms with Gasteiger partial charge < -0.3 is 10.8 Å². The standard InChI is InChI=1S/C10H8N2O3.C7H7NO2/c13-8-7(6-4-2-1-3-5-6)9(14)12-10(15)11-8;8-6-3-1-5(2-4-6)7(9)10/h1-5,7H,(H2,11,12,13,14,15);1-4H,8H2,(H,9,10). The number of nitrogen functional groups attached to an aromatic ring is 1. The number of urea groups is 1. The van der Waals surface area contributed by atoms with Crippen LogP contribution in [0.5, 0.6) is 0 Å². The van der Waals surface area contributed by atoms with Crippen molar-refractivity contribution in [2.75, 3.05) is 5.73 Å². The summed E-state index contributed by atoms with van der Waals surface area (Å²) in [6.07, 6.45) is 0. The maximum atomic E-state index is 11.4. The van der Waals surface area contributed by atoms with E-state index >= 15 is 0 Å². The zero-order chi connectivity index (χ0) is 18.4. The number of hydrogen-bond acceptors (Lipinski definition) is 5. The van der Waals surface area contributed by atoms with E-state index in [2.05, 4.69) is 0 Å². The van der Waals surface area contributed by atoms with Crippen LogP contribution < -0.4 is 16.4 Å². The van der Waals surface area contributed by atoms with Crippen LogP contribution in [0.4, 0.5) is 10.5 Å². The Morgan fingerprint density at radius 2 is 1.40 bits per heavy atom. The maximum Gasteiger partial charge on any atom is 0.335 e. The highest BCUT2D eigenvalue weighted by Crippen LogP contribution is 2.17. The highest BCUT2D eigenvalue weighted by atomic mass is 16.4. The summed E-state index contributed by atoms with van der Waals surface area (Å²) in [4.78, 5) is 43.9. The molecule has 0 saturated carbocycles. The summed E-state index contributed by atoms with van der Waals surface area (Å²) >= 11 is 0. The molecule has 2 aromatic carbocycles. The third-order valence-corrected chi connectivity index (χ3v) is 3.29. The van der Waals surface area contributed by atoms with Crippen molar-refractivity contribution in [3.05, 3.63) is 65.7 Å². The van der Waals surface area contributed by atoms with E-state index < -0.39 is 29.7 Å². The number of carboxylic acid groups (broad SMARTS) is 1. The highest BCUT2D eigenvalue weighted by molar-refractivity contribution is 6.19. The number of carbonyl (C=O) groups is 4. The molecule has 0 bridgehead atoms. The lowest BCUT2D eigenvalue weighted by Gasteiger charge is -2.20. The van der Waals surface area contributed by atoms with Crippen molar-refractivity contribution in [3.63, 3.8) is 0 Å². The molecule has 3 rings (SSSR count). The summed E-state index contributed by atoms with van der Waals surface area (Å²) in [5.41, 5.74) is 6.74. The van der Waals surface area contributed by atoms with Gasteiger partial charge in [-0.3, -0.25) is 20.2 Å². The molecule has 1 heterocycles. The van der Waals surface area contributed by atoms with Gasteiger partial charge in [0, 0.05) is 5.69 Å². The zero-order valence-electron chi connectivity index (χ0n) is 12.9. The third kappa shape index (κ3) is 4.64. The van der Waals surface area contributed by atoms with Crippen molar-refractivity contribution in [2.24, 2.45) is 0 Å². The maximum absolute atomic E-state index is 11.4. The molecule has 4 amide bonds. The van der Waals surface area contributed by atoms with Crippen LogP contribution in [0.1, 0.15) is 21.8 Å². The molecule has 1 aliphatic rings. The Balaban J connectivity index is 0.000000196. The number of nitrogens with two attached hydrogens (primary N) is 1. The van der Waals surface area contributed by atoms with Gasteiger partial charge >= 0.3 is 12.0 Å². The minimum atomic E-state index is -0.941. The number of amides is 4. The van der Waals surface area contributed by atoms with E-state index in [1.165, 1.54) is 12.1 Å². The molecule has 8 nitrogen and oxygen atoms in total. The van der Waals surface area contributed by atoms with Crippen molar-refractivity contribution in [3.8, 4) is 0 Å². The van der Waals surface area contributed by atoms with Gasteiger partial charge in [0.15, 0.2) is 0 Å². The van der Waals surface area contributed by atoms with Crippen LogP contribution in [0.25, 0.3) is 0 Å². The summed E-state index contributed by atoms with van der Waals surface area (Å²) in [6.45, 7) is 0. The van der Waals surface area contributed by atoms with E-state index in [4.69, 9.17) is 10.8 Å². The van der Waals surface area contributed by atoms with Gasteiger partial charge in [-0.15, -0.1) is 0 Å². The number of anilines is 1. The normalized spacial score (nSPS) is 14.0. The van der Waals surface area contributed by atoms with Gasteiger partial charge in [-0.2, -0.15) is 0 Å². The molecule has 0 aliphatic carbocycles. The van der Waals surface area contributed by atoms with Gasteiger partial charge in [0.1, 0.15) is 5.92 Å². The molecule has 25 heavy (non-hydrogen) atoms. The van der Waals surface area contributed by atoms with Crippen LogP contribution in [0.3, 0.4) is 0 Å². The van der Waals surface area contributed by atoms with Crippen molar-refractivity contribution in [2.45, 2.75) is 5.92 Å². The molecule has 2 aromatic rings. The number of carbonyl (C=O) groups excluding carboxylic acids is 3. The lowest BCUT2D eigenvalue weighted by Crippen LogP contribution is -2.54. The number of rotatable bonds is 2. The summed E-state index contributed by atoms with van der Waals surface area (Å²) in [5, 5.41) is 12.5. The van der Waals surface area contributed by atoms with Gasteiger partial charge in [0.25, 0.3) is 0 Å². The van der Waals surface area contributed by atoms with Gasteiger partial charge in [-0.25, -0.2) is 9.59 Å². The Hall–Kier alpha value is -3.68. The molecule has 8 heteroatoms. The molecule has 0 atom stereocenters. The Kier molecular flexibility index (Phi) is 5.47. The van der Waals surface area contributed by atoms with Crippen molar-refractivity contribution >= 4 is 29.5 Å². The number of benzene rings is 2. The van der Waals surface area contributed by atoms with Crippen LogP contribution in [-0.4, -0.2) is 28.9 Å². The highest BCUT2D eigenvalue weighted by Gasteiger charge is 2.35. The predicted octanol–water partition coefficient (Wildman–Crippen LogP) is 1.10. The first kappa shape index (κ1) is 17.7. The molecular weight excluding hydrogens is 326 g/mol. The largest absolute Gasteiger partial charge is 0.478 e. The van der Waals surface area contributed by atoms with Crippen LogP contribution >= 0.6 is 0 Å². The molecule has 0 aromatic heterocycles. The minimum Gasteiger partial charge on any atom is -0.478 e. The molecule has 1 aliphatic heterocycles. The quantitative estimate of drug-likeness (QED) is 0.476. The predicted molar refractivity (Wildman–Crippen MR) is 88.7 cm³/mol. The second-order valence-electron chi connectivity index (χ2n) is 5.08. The second kappa shape index (κ2) is 7.73. The fourth-order valence-electron chi connectivity index (χ4n) is 2.09. The molecule has 0 radical (unpaired) electrons. The van der Waals surface area contributed by atoms with E-state index in [0.717, 1.165) is 0 Å². The van der Waals surface area contributed by atoms with E-state index in [9.17, 15) is 19.2 Å². The van der Waals surface area contributed by atoms with Crippen LogP contribution in [-0.2, 0) is 9.59 Å². The number of imide groups is 2. The number of hydrogen-bond donors (Lipinski definition) is 4. The average molecular weight is 341 g/mol. The van der Waals surface area contributed by atoms with E-state index in [0.29, 0.717) is 11.3 Å². The summed E-state index contributed by atoms with van der Waals surface area (Å²) in [7, 11) is 0. The summed E-state index contributed by atoms with van der Waals surface area (Å²) in [5.74, 6) is -3.05. The van der Waals surface area contributed by atoms with Crippen molar-refractivity contribution < 1.29 is 24.3 Å². The smallest absolute Gasteiger partial charge is 0.335 e. The molecule has 0 unspecified atom stereocenters. The van der Waals surface area contributed by atoms with Gasteiger partial charge in [0.2, 0.25) is 11.8 Å². The number of barbiturate groups is 1. The SMILES string of the molecule is Nc1ccc(C(=O)O)cc1.O=C1NC(=O)C(c2ccccc2)C(=O)N1. The van der Waals surface area contributed by atoms with Gasteiger partial charge in [-0.05, 0) is 29.8 Å². The number of carboxylic acids is 1. The van der Waals surface area contributed by atoms with E-state index in [-0.39, 0.29) is 5.56 Å². The lowest BCUT2D eigenvalue weighted by atomic mass is 9.96. The fourth-order valence-corrected chi connectivity index (χ4v) is 2.09. The third-order valence-electron chi connectivity index (χ3n) is 3.29. The van der Waals surface area contributed by atoms with E-state index in [1.807, 2.05) is 10.6 Å². The second-order valence-corrected chi connectivity index (χ2v) is 5.08. The first-order chi connectivity index (χ1) is 11.9. The topological polar surface area (TPSA) is 139 Å². The van der Waals surface area contributed by atoms with Crippen molar-refractivity contribution in [1.29, 1.82) is 0 Å². The molecule has 1 fully saturated rings. The van der Waals surface area contributed by atoms with Crippen LogP contribution in [0.2, 0.25) is 0 Å². The number of aromatic carboxylic acids is 1. The van der Waals surface area contributed by atoms with Crippen LogP contribution in [0, 0.1) is 0 Å². The van der Waals surface area contributed by atoms with Gasteiger partial charge in [-0.1, -0.05) is 30.3 Å². The minimum absolute atomic E-state index is 0.259. The fraction of sp³-hybridized carbons (Fsp3) is 0.0588. The molecule has 0 spiro atoms. The summed E-state index contributed by atoms with van der Waals surface area (Å²) < 4.78 is 0. The number of nitrogens with one attached hydrogen (secondary N) is 2. The molecule has 1 saturated heterocycles. The Morgan fingerprint density at radius 3 is 1.88 bits per heavy atom. The average Bonchev–Trinajstić information content (AvgIpc) is 2.56. The summed E-state index contributed by atoms with van der Waals surface area (Å²) in [6, 6.07) is 13.9. The Morgan fingerprint density at radius 1 is 0.880 bits per heavy atom. The van der Waals surface area contributed by atoms with E-state index in [1.54, 1.807) is 42.5 Å². The zero-order valence-corrected chi connectivity index (χ0v) is 12.9. The first-order valence-electron chi connectivity index (χ1n) is 7.18. The Bertz CT molecular complexity index is 783. The van der Waals surface area contributed by atoms with Gasteiger partial charge in [0.05, 0.1) is 5.56 Å². The first-order valence-corrected chi connectivity index (χ1v) is 7.18. The van der Waals surface area contributed by atoms with Crippen LogP contribution in [0.15, 0.2) is 54.6 Å². The molecule has 5 N–H and O–H groups in total. The lowest BCUT2D eigenvalue weighted by molar-refractivity contribution is -0.132.